The molecule has 0 bridgehead atoms. The van der Waals surface area contributed by atoms with Crippen LogP contribution in [-0.2, 0) is 6.54 Å². The highest BCUT2D eigenvalue weighted by atomic mass is 16.6. The normalized spacial score (nSPS) is 10.4. The van der Waals surface area contributed by atoms with Gasteiger partial charge in [-0.15, -0.1) is 5.10 Å². The number of carbonyl (C=O) groups is 1. The molecule has 0 saturated heterocycles. The SMILES string of the molecule is Cc1ccn(CCCNC(=O)c2cc([N+](=O)[O-])[nH]n2)n1. The monoisotopic (exact) mass is 278 g/mol. The maximum Gasteiger partial charge on any atom is 0.343 e. The minimum Gasteiger partial charge on any atom is -0.358 e. The van der Waals surface area contributed by atoms with Crippen molar-refractivity contribution in [1.82, 2.24) is 25.3 Å². The zero-order chi connectivity index (χ0) is 14.5. The van der Waals surface area contributed by atoms with Crippen molar-refractivity contribution in [1.29, 1.82) is 0 Å². The van der Waals surface area contributed by atoms with Crippen LogP contribution >= 0.6 is 0 Å². The first-order valence-electron chi connectivity index (χ1n) is 6.04. The maximum atomic E-state index is 11.7. The molecule has 2 rings (SSSR count). The predicted octanol–water partition coefficient (Wildman–Crippen LogP) is 0.643. The molecule has 9 heteroatoms. The number of carbonyl (C=O) groups excluding carboxylic acids is 1. The van der Waals surface area contributed by atoms with Crippen LogP contribution in [0.25, 0.3) is 0 Å². The van der Waals surface area contributed by atoms with E-state index in [2.05, 4.69) is 20.6 Å². The molecule has 2 N–H and O–H groups in total. The minimum absolute atomic E-state index is 0.00614. The van der Waals surface area contributed by atoms with Crippen LogP contribution in [-0.4, -0.2) is 37.4 Å². The van der Waals surface area contributed by atoms with E-state index in [1.54, 1.807) is 4.68 Å². The average molecular weight is 278 g/mol. The Balaban J connectivity index is 1.75. The molecule has 0 aliphatic carbocycles. The number of aromatic nitrogens is 4. The van der Waals surface area contributed by atoms with E-state index < -0.39 is 10.8 Å². The highest BCUT2D eigenvalue weighted by Gasteiger charge is 2.15. The van der Waals surface area contributed by atoms with Crippen LogP contribution in [0.5, 0.6) is 0 Å². The lowest BCUT2D eigenvalue weighted by molar-refractivity contribution is -0.389. The van der Waals surface area contributed by atoms with Crippen molar-refractivity contribution in [3.8, 4) is 0 Å². The fourth-order valence-corrected chi connectivity index (χ4v) is 1.64. The summed E-state index contributed by atoms with van der Waals surface area (Å²) in [6, 6.07) is 3.01. The van der Waals surface area contributed by atoms with E-state index in [-0.39, 0.29) is 11.5 Å². The first kappa shape index (κ1) is 13.7. The summed E-state index contributed by atoms with van der Waals surface area (Å²) in [4.78, 5) is 21.5. The minimum atomic E-state index is -0.635. The van der Waals surface area contributed by atoms with Crippen LogP contribution in [0.2, 0.25) is 0 Å². The van der Waals surface area contributed by atoms with Crippen molar-refractivity contribution in [2.75, 3.05) is 6.54 Å². The topological polar surface area (TPSA) is 119 Å². The number of nitro groups is 1. The summed E-state index contributed by atoms with van der Waals surface area (Å²) >= 11 is 0. The van der Waals surface area contributed by atoms with E-state index in [1.807, 2.05) is 19.2 Å². The summed E-state index contributed by atoms with van der Waals surface area (Å²) < 4.78 is 1.79. The molecule has 2 aromatic heterocycles. The van der Waals surface area contributed by atoms with E-state index in [0.29, 0.717) is 19.5 Å². The molecule has 0 atom stereocenters. The molecule has 106 valence electrons. The maximum absolute atomic E-state index is 11.7. The zero-order valence-corrected chi connectivity index (χ0v) is 10.9. The lowest BCUT2D eigenvalue weighted by atomic mass is 10.3. The van der Waals surface area contributed by atoms with Gasteiger partial charge >= 0.3 is 5.82 Å². The average Bonchev–Trinajstić information content (AvgIpc) is 3.03. The second-order valence-electron chi connectivity index (χ2n) is 4.23. The molecule has 20 heavy (non-hydrogen) atoms. The Morgan fingerprint density at radius 3 is 3.00 bits per heavy atom. The number of nitrogens with zero attached hydrogens (tertiary/aromatic N) is 4. The van der Waals surface area contributed by atoms with Gasteiger partial charge in [-0.3, -0.25) is 9.48 Å². The van der Waals surface area contributed by atoms with Gasteiger partial charge in [-0.2, -0.15) is 5.10 Å². The molecule has 2 heterocycles. The zero-order valence-electron chi connectivity index (χ0n) is 10.9. The molecule has 0 radical (unpaired) electrons. The van der Waals surface area contributed by atoms with E-state index in [4.69, 9.17) is 0 Å². The van der Waals surface area contributed by atoms with Crippen molar-refractivity contribution in [2.24, 2.45) is 0 Å². The van der Waals surface area contributed by atoms with E-state index >= 15 is 0 Å². The molecule has 0 unspecified atom stereocenters. The first-order chi connectivity index (χ1) is 9.56. The molecular formula is C11H14N6O3. The van der Waals surface area contributed by atoms with Gasteiger partial charge in [0.2, 0.25) is 0 Å². The van der Waals surface area contributed by atoms with Crippen molar-refractivity contribution in [3.05, 3.63) is 39.8 Å². The number of rotatable bonds is 6. The van der Waals surface area contributed by atoms with Gasteiger partial charge in [0.15, 0.2) is 5.69 Å². The molecule has 0 aliphatic heterocycles. The van der Waals surface area contributed by atoms with E-state index in [0.717, 1.165) is 11.8 Å². The fourth-order valence-electron chi connectivity index (χ4n) is 1.64. The summed E-state index contributed by atoms with van der Waals surface area (Å²) in [5.74, 6) is -0.742. The van der Waals surface area contributed by atoms with Gasteiger partial charge in [0, 0.05) is 19.3 Å². The lowest BCUT2D eigenvalue weighted by Gasteiger charge is -2.03. The molecule has 0 fully saturated rings. The summed E-state index contributed by atoms with van der Waals surface area (Å²) in [6.45, 7) is 3.04. The van der Waals surface area contributed by atoms with Crippen molar-refractivity contribution in [2.45, 2.75) is 19.9 Å². The van der Waals surface area contributed by atoms with Crippen LogP contribution in [0.15, 0.2) is 18.3 Å². The van der Waals surface area contributed by atoms with Gasteiger partial charge in [0.05, 0.1) is 11.8 Å². The second kappa shape index (κ2) is 5.95. The standard InChI is InChI=1S/C11H14N6O3/c1-8-3-6-16(15-8)5-2-4-12-11(18)9-7-10(14-13-9)17(19)20/h3,6-7H,2,4-5H2,1H3,(H,12,18)(H,13,14). The van der Waals surface area contributed by atoms with Gasteiger partial charge in [-0.05, 0) is 24.3 Å². The first-order valence-corrected chi connectivity index (χ1v) is 6.04. The van der Waals surface area contributed by atoms with Gasteiger partial charge in [0.25, 0.3) is 5.91 Å². The van der Waals surface area contributed by atoms with Crippen LogP contribution in [0.4, 0.5) is 5.82 Å². The van der Waals surface area contributed by atoms with Gasteiger partial charge in [0.1, 0.15) is 0 Å². The van der Waals surface area contributed by atoms with Crippen LogP contribution in [0, 0.1) is 17.0 Å². The third-order valence-electron chi connectivity index (χ3n) is 2.62. The third-order valence-corrected chi connectivity index (χ3v) is 2.62. The Morgan fingerprint density at radius 1 is 1.60 bits per heavy atom. The third kappa shape index (κ3) is 3.40. The number of hydrogen-bond donors (Lipinski definition) is 2. The summed E-state index contributed by atoms with van der Waals surface area (Å²) in [7, 11) is 0. The summed E-state index contributed by atoms with van der Waals surface area (Å²) in [6.07, 6.45) is 2.58. The smallest absolute Gasteiger partial charge is 0.343 e. The fraction of sp³-hybridized carbons (Fsp3) is 0.364. The van der Waals surface area contributed by atoms with Crippen LogP contribution < -0.4 is 5.32 Å². The molecule has 0 aromatic carbocycles. The summed E-state index contributed by atoms with van der Waals surface area (Å²) in [5.41, 5.74) is 0.949. The highest BCUT2D eigenvalue weighted by Crippen LogP contribution is 2.07. The Kier molecular flexibility index (Phi) is 4.08. The molecule has 0 saturated carbocycles. The van der Waals surface area contributed by atoms with Crippen molar-refractivity contribution in [3.63, 3.8) is 0 Å². The van der Waals surface area contributed by atoms with E-state index in [9.17, 15) is 14.9 Å². The Hall–Kier alpha value is -2.71. The number of aryl methyl sites for hydroxylation is 2. The van der Waals surface area contributed by atoms with E-state index in [1.165, 1.54) is 0 Å². The number of H-pyrrole nitrogens is 1. The Morgan fingerprint density at radius 2 is 2.40 bits per heavy atom. The van der Waals surface area contributed by atoms with Gasteiger partial charge < -0.3 is 15.4 Å². The Labute approximate surface area is 114 Å². The quantitative estimate of drug-likeness (QED) is 0.456. The van der Waals surface area contributed by atoms with Gasteiger partial charge in [-0.25, -0.2) is 0 Å². The second-order valence-corrected chi connectivity index (χ2v) is 4.23. The largest absolute Gasteiger partial charge is 0.358 e. The molecular weight excluding hydrogens is 264 g/mol. The molecule has 9 nitrogen and oxygen atoms in total. The number of nitrogens with one attached hydrogen (secondary N) is 2. The van der Waals surface area contributed by atoms with Gasteiger partial charge in [-0.1, -0.05) is 5.10 Å². The Bertz CT molecular complexity index is 617. The summed E-state index contributed by atoms with van der Waals surface area (Å²) in [5, 5.41) is 23.1. The predicted molar refractivity (Wildman–Crippen MR) is 69.2 cm³/mol. The molecule has 0 spiro atoms. The van der Waals surface area contributed by atoms with Crippen LogP contribution in [0.1, 0.15) is 22.6 Å². The molecule has 1 amide bonds. The number of hydrogen-bond acceptors (Lipinski definition) is 5. The molecule has 2 aromatic rings. The lowest BCUT2D eigenvalue weighted by Crippen LogP contribution is -2.25. The number of aromatic amines is 1. The van der Waals surface area contributed by atoms with Crippen molar-refractivity contribution >= 4 is 11.7 Å². The van der Waals surface area contributed by atoms with Crippen LogP contribution in [0.3, 0.4) is 0 Å². The van der Waals surface area contributed by atoms with Crippen molar-refractivity contribution < 1.29 is 9.72 Å². The molecule has 0 aliphatic rings. The number of amides is 1. The highest BCUT2D eigenvalue weighted by molar-refractivity contribution is 5.92.